The van der Waals surface area contributed by atoms with Crippen LogP contribution < -0.4 is 5.43 Å². The van der Waals surface area contributed by atoms with Crippen LogP contribution in [0.3, 0.4) is 0 Å². The summed E-state index contributed by atoms with van der Waals surface area (Å²) in [4.78, 5) is 24.1. The van der Waals surface area contributed by atoms with Crippen molar-refractivity contribution in [1.29, 1.82) is 0 Å². The van der Waals surface area contributed by atoms with Crippen LogP contribution in [0.2, 0.25) is 0 Å². The van der Waals surface area contributed by atoms with Crippen LogP contribution in [-0.2, 0) is 0 Å². The van der Waals surface area contributed by atoms with Crippen molar-refractivity contribution in [1.82, 2.24) is 4.57 Å². The maximum absolute atomic E-state index is 12.4. The molecule has 1 fully saturated rings. The SMILES string of the molecule is Cc1cc(=O)c(O)c(C(=O)CCCC(C)C)n1C1CC1. The number of aryl methyl sites for hydroxylation is 1. The van der Waals surface area contributed by atoms with Crippen LogP contribution in [0.1, 0.15) is 68.2 Å². The number of carbonyl (C=O) groups excluding carboxylic acids is 1. The van der Waals surface area contributed by atoms with E-state index >= 15 is 0 Å². The monoisotopic (exact) mass is 277 g/mol. The number of hydrogen-bond donors (Lipinski definition) is 1. The van der Waals surface area contributed by atoms with Crippen LogP contribution in [0.4, 0.5) is 0 Å². The second-order valence-electron chi connectivity index (χ2n) is 6.16. The van der Waals surface area contributed by atoms with Crippen molar-refractivity contribution in [3.05, 3.63) is 27.7 Å². The van der Waals surface area contributed by atoms with Crippen LogP contribution in [0, 0.1) is 12.8 Å². The summed E-state index contributed by atoms with van der Waals surface area (Å²) in [6, 6.07) is 1.68. The third-order valence-electron chi connectivity index (χ3n) is 3.78. The van der Waals surface area contributed by atoms with Gasteiger partial charge in [-0.15, -0.1) is 0 Å². The number of rotatable bonds is 6. The quantitative estimate of drug-likeness (QED) is 0.812. The number of aromatic hydroxyl groups is 1. The van der Waals surface area contributed by atoms with E-state index in [9.17, 15) is 14.7 Å². The van der Waals surface area contributed by atoms with Gasteiger partial charge in [-0.05, 0) is 32.1 Å². The minimum absolute atomic E-state index is 0.115. The number of pyridine rings is 1. The zero-order chi connectivity index (χ0) is 14.9. The first-order chi connectivity index (χ1) is 9.41. The van der Waals surface area contributed by atoms with Gasteiger partial charge in [0.1, 0.15) is 5.69 Å². The molecule has 1 N–H and O–H groups in total. The lowest BCUT2D eigenvalue weighted by Gasteiger charge is -2.16. The Hall–Kier alpha value is -1.58. The van der Waals surface area contributed by atoms with Crippen molar-refractivity contribution >= 4 is 5.78 Å². The van der Waals surface area contributed by atoms with Gasteiger partial charge in [-0.25, -0.2) is 0 Å². The van der Waals surface area contributed by atoms with Gasteiger partial charge in [-0.1, -0.05) is 20.3 Å². The fourth-order valence-corrected chi connectivity index (χ4v) is 2.59. The minimum atomic E-state index is -0.452. The van der Waals surface area contributed by atoms with Gasteiger partial charge >= 0.3 is 0 Å². The molecule has 0 atom stereocenters. The number of carbonyl (C=O) groups is 1. The number of aromatic nitrogens is 1. The summed E-state index contributed by atoms with van der Waals surface area (Å²) in [5.74, 6) is 0.0624. The summed E-state index contributed by atoms with van der Waals surface area (Å²) in [5.41, 5.74) is 0.537. The number of hydrogen-bond acceptors (Lipinski definition) is 3. The summed E-state index contributed by atoms with van der Waals surface area (Å²) in [6.07, 6.45) is 4.18. The van der Waals surface area contributed by atoms with Crippen molar-refractivity contribution in [3.8, 4) is 5.75 Å². The molecule has 2 rings (SSSR count). The Kier molecular flexibility index (Phi) is 4.31. The molecule has 0 amide bonds. The third kappa shape index (κ3) is 3.11. The smallest absolute Gasteiger partial charge is 0.224 e. The summed E-state index contributed by atoms with van der Waals surface area (Å²) >= 11 is 0. The highest BCUT2D eigenvalue weighted by atomic mass is 16.3. The second-order valence-corrected chi connectivity index (χ2v) is 6.16. The van der Waals surface area contributed by atoms with Crippen LogP contribution >= 0.6 is 0 Å². The predicted octanol–water partition coefficient (Wildman–Crippen LogP) is 3.21. The van der Waals surface area contributed by atoms with E-state index in [-0.39, 0.29) is 23.3 Å². The minimum Gasteiger partial charge on any atom is -0.503 e. The Balaban J connectivity index is 2.29. The highest BCUT2D eigenvalue weighted by Crippen LogP contribution is 2.38. The van der Waals surface area contributed by atoms with Crippen molar-refractivity contribution in [2.75, 3.05) is 0 Å². The highest BCUT2D eigenvalue weighted by Gasteiger charge is 2.30. The number of ketones is 1. The molecule has 110 valence electrons. The molecule has 4 nitrogen and oxygen atoms in total. The molecule has 20 heavy (non-hydrogen) atoms. The molecule has 1 aliphatic rings. The van der Waals surface area contributed by atoms with Crippen LogP contribution in [-0.4, -0.2) is 15.5 Å². The Labute approximate surface area is 119 Å². The van der Waals surface area contributed by atoms with Gasteiger partial charge in [-0.3, -0.25) is 9.59 Å². The molecule has 0 spiro atoms. The van der Waals surface area contributed by atoms with Gasteiger partial charge in [0.05, 0.1) is 0 Å². The molecule has 0 unspecified atom stereocenters. The van der Waals surface area contributed by atoms with E-state index in [0.29, 0.717) is 12.3 Å². The second kappa shape index (κ2) is 5.81. The summed E-state index contributed by atoms with van der Waals surface area (Å²) in [5, 5.41) is 10.0. The van der Waals surface area contributed by atoms with E-state index in [2.05, 4.69) is 13.8 Å². The third-order valence-corrected chi connectivity index (χ3v) is 3.78. The average Bonchev–Trinajstić information content (AvgIpc) is 3.16. The van der Waals surface area contributed by atoms with Crippen molar-refractivity contribution in [3.63, 3.8) is 0 Å². The van der Waals surface area contributed by atoms with Gasteiger partial charge < -0.3 is 9.67 Å². The standard InChI is InChI=1S/C16H23NO3/c1-10(2)5-4-6-13(18)15-16(20)14(19)9-11(3)17(15)12-7-8-12/h9-10,12,20H,4-8H2,1-3H3. The van der Waals surface area contributed by atoms with Crippen molar-refractivity contribution in [2.45, 2.75) is 58.9 Å². The van der Waals surface area contributed by atoms with E-state index in [4.69, 9.17) is 0 Å². The molecule has 0 aliphatic heterocycles. The van der Waals surface area contributed by atoms with Crippen LogP contribution in [0.5, 0.6) is 5.75 Å². The fraction of sp³-hybridized carbons (Fsp3) is 0.625. The first kappa shape index (κ1) is 14.8. The zero-order valence-electron chi connectivity index (χ0n) is 12.5. The summed E-state index contributed by atoms with van der Waals surface area (Å²) in [6.45, 7) is 6.06. The Morgan fingerprint density at radius 2 is 2.10 bits per heavy atom. The van der Waals surface area contributed by atoms with Gasteiger partial charge in [0, 0.05) is 24.2 Å². The lowest BCUT2D eigenvalue weighted by molar-refractivity contribution is 0.0964. The van der Waals surface area contributed by atoms with Crippen molar-refractivity contribution < 1.29 is 9.90 Å². The molecular weight excluding hydrogens is 254 g/mol. The van der Waals surface area contributed by atoms with E-state index in [1.165, 1.54) is 6.07 Å². The van der Waals surface area contributed by atoms with Crippen molar-refractivity contribution in [2.24, 2.45) is 5.92 Å². The van der Waals surface area contributed by atoms with Crippen LogP contribution in [0.25, 0.3) is 0 Å². The van der Waals surface area contributed by atoms with Gasteiger partial charge in [0.15, 0.2) is 11.5 Å². The highest BCUT2D eigenvalue weighted by molar-refractivity contribution is 5.97. The first-order valence-electron chi connectivity index (χ1n) is 7.40. The summed E-state index contributed by atoms with van der Waals surface area (Å²) in [7, 11) is 0. The number of Topliss-reactive ketones (excluding diaryl/α,β-unsaturated/α-hetero) is 1. The predicted molar refractivity (Wildman–Crippen MR) is 78.4 cm³/mol. The van der Waals surface area contributed by atoms with E-state index in [1.54, 1.807) is 0 Å². The molecule has 0 aromatic carbocycles. The Morgan fingerprint density at radius 3 is 2.65 bits per heavy atom. The molecule has 0 bridgehead atoms. The maximum Gasteiger partial charge on any atom is 0.224 e. The lowest BCUT2D eigenvalue weighted by atomic mass is 10.0. The molecule has 1 saturated carbocycles. The average molecular weight is 277 g/mol. The molecule has 0 saturated heterocycles. The number of nitrogens with zero attached hydrogens (tertiary/aromatic N) is 1. The Bertz CT molecular complexity index is 568. The molecule has 1 aliphatic carbocycles. The molecule has 4 heteroatoms. The molecular formula is C16H23NO3. The topological polar surface area (TPSA) is 59.3 Å². The fourth-order valence-electron chi connectivity index (χ4n) is 2.59. The zero-order valence-corrected chi connectivity index (χ0v) is 12.5. The van der Waals surface area contributed by atoms with Crippen LogP contribution in [0.15, 0.2) is 10.9 Å². The Morgan fingerprint density at radius 1 is 1.45 bits per heavy atom. The lowest BCUT2D eigenvalue weighted by Crippen LogP contribution is -2.19. The molecule has 1 aromatic heterocycles. The van der Waals surface area contributed by atoms with Gasteiger partial charge in [0.2, 0.25) is 5.43 Å². The largest absolute Gasteiger partial charge is 0.503 e. The maximum atomic E-state index is 12.4. The normalized spacial score (nSPS) is 14.8. The van der Waals surface area contributed by atoms with E-state index in [1.807, 2.05) is 11.5 Å². The molecule has 1 heterocycles. The van der Waals surface area contributed by atoms with Gasteiger partial charge in [0.25, 0.3) is 0 Å². The molecule has 1 aromatic rings. The molecule has 0 radical (unpaired) electrons. The van der Waals surface area contributed by atoms with E-state index in [0.717, 1.165) is 31.4 Å². The summed E-state index contributed by atoms with van der Waals surface area (Å²) < 4.78 is 1.86. The van der Waals surface area contributed by atoms with Gasteiger partial charge in [-0.2, -0.15) is 0 Å². The first-order valence-corrected chi connectivity index (χ1v) is 7.40. The van der Waals surface area contributed by atoms with E-state index < -0.39 is 5.43 Å².